The molecule has 0 aliphatic carbocycles. The van der Waals surface area contributed by atoms with E-state index >= 15 is 0 Å². The molecule has 0 saturated carbocycles. The molecule has 1 atom stereocenters. The third kappa shape index (κ3) is 12.4. The highest BCUT2D eigenvalue weighted by Gasteiger charge is 2.32. The van der Waals surface area contributed by atoms with Crippen LogP contribution in [0.4, 0.5) is 15.3 Å². The zero-order valence-electron chi connectivity index (χ0n) is 29.1. The molecule has 2 aliphatic heterocycles. The minimum absolute atomic E-state index is 0.0135. The predicted octanol–water partition coefficient (Wildman–Crippen LogP) is 6.86. The lowest BCUT2D eigenvalue weighted by molar-refractivity contribution is -0.385. The van der Waals surface area contributed by atoms with Gasteiger partial charge in [-0.25, -0.2) is 9.59 Å². The molecule has 2 N–H and O–H groups in total. The smallest absolute Gasteiger partial charge is 0.445 e. The number of amides is 3. The Bertz CT molecular complexity index is 1430. The van der Waals surface area contributed by atoms with Crippen LogP contribution in [-0.2, 0) is 31.1 Å². The van der Waals surface area contributed by atoms with Crippen molar-refractivity contribution in [3.8, 4) is 5.75 Å². The standard InChI is InChI=1S/C36H50N4O9/c1-5-21-39-30(41)18-12-9-15-22-47-35(44)49-32-28(36(2,3)4)23-26(24-29(32)40(45)46)25-48-34(43)38-20-14-7-6-13-19-37-33(42)31(39)27-16-10-8-11-17-27/h8,10-11,16-17,23-24,31H,5-7,9,12-15,18-22,25H2,1-4H3,(H,37,42)(H,38,43). The summed E-state index contributed by atoms with van der Waals surface area (Å²) in [6.07, 6.45) is 3.72. The number of benzene rings is 2. The van der Waals surface area contributed by atoms with Gasteiger partial charge in [-0.2, -0.15) is 0 Å². The van der Waals surface area contributed by atoms with Crippen LogP contribution in [0.2, 0.25) is 0 Å². The predicted molar refractivity (Wildman–Crippen MR) is 183 cm³/mol. The Morgan fingerprint density at radius 2 is 1.57 bits per heavy atom. The minimum Gasteiger partial charge on any atom is -0.445 e. The SMILES string of the molecule is CCCN1C(=O)CCCCCOC(=O)Oc2c([N+](=O)[O-])cc(cc2C(C)(C)C)COC(=O)NCCCCCCNC(=O)C1c1ccccc1. The summed E-state index contributed by atoms with van der Waals surface area (Å²) in [6.45, 7) is 8.43. The average molecular weight is 683 g/mol. The molecule has 13 heteroatoms. The van der Waals surface area contributed by atoms with Gasteiger partial charge in [-0.05, 0) is 61.1 Å². The van der Waals surface area contributed by atoms with E-state index in [-0.39, 0.29) is 37.2 Å². The van der Waals surface area contributed by atoms with Gasteiger partial charge in [0.15, 0.2) is 0 Å². The second kappa shape index (κ2) is 19.4. The van der Waals surface area contributed by atoms with Gasteiger partial charge in [0.2, 0.25) is 17.6 Å². The van der Waals surface area contributed by atoms with Crippen molar-refractivity contribution in [2.75, 3.05) is 26.2 Å². The molecule has 0 saturated heterocycles. The number of nitrogens with zero attached hydrogens (tertiary/aromatic N) is 2. The molecule has 2 aliphatic rings. The molecule has 2 heterocycles. The van der Waals surface area contributed by atoms with E-state index in [9.17, 15) is 29.3 Å². The van der Waals surface area contributed by atoms with Gasteiger partial charge in [-0.1, -0.05) is 70.9 Å². The second-order valence-corrected chi connectivity index (χ2v) is 13.1. The van der Waals surface area contributed by atoms with Gasteiger partial charge in [-0.3, -0.25) is 19.7 Å². The van der Waals surface area contributed by atoms with Crippen LogP contribution >= 0.6 is 0 Å². The molecule has 13 nitrogen and oxygen atoms in total. The molecule has 0 spiro atoms. The fraction of sp³-hybridized carbons (Fsp3) is 0.556. The molecule has 2 aromatic rings. The van der Waals surface area contributed by atoms with E-state index in [0.717, 1.165) is 24.8 Å². The zero-order chi connectivity index (χ0) is 35.8. The van der Waals surface area contributed by atoms with E-state index in [1.807, 2.05) is 58.0 Å². The molecule has 0 aromatic heterocycles. The Labute approximate surface area is 288 Å². The summed E-state index contributed by atoms with van der Waals surface area (Å²) in [6, 6.07) is 11.3. The minimum atomic E-state index is -1.09. The van der Waals surface area contributed by atoms with Crippen LogP contribution in [0.3, 0.4) is 0 Å². The van der Waals surface area contributed by atoms with E-state index in [4.69, 9.17) is 14.2 Å². The molecule has 49 heavy (non-hydrogen) atoms. The van der Waals surface area contributed by atoms with Crippen LogP contribution in [-0.4, -0.2) is 60.1 Å². The lowest BCUT2D eigenvalue weighted by Crippen LogP contribution is -2.44. The monoisotopic (exact) mass is 682 g/mol. The van der Waals surface area contributed by atoms with E-state index in [0.29, 0.717) is 62.9 Å². The van der Waals surface area contributed by atoms with Gasteiger partial charge in [0, 0.05) is 37.7 Å². The Balaban J connectivity index is 1.78. The maximum absolute atomic E-state index is 13.5. The highest BCUT2D eigenvalue weighted by Crippen LogP contribution is 2.40. The van der Waals surface area contributed by atoms with Crippen LogP contribution in [0.15, 0.2) is 42.5 Å². The summed E-state index contributed by atoms with van der Waals surface area (Å²) in [5.74, 6) is -0.600. The van der Waals surface area contributed by atoms with Crippen molar-refractivity contribution in [2.45, 2.75) is 104 Å². The first-order chi connectivity index (χ1) is 23.4. The Morgan fingerprint density at radius 3 is 2.22 bits per heavy atom. The number of carbonyl (C=O) groups is 4. The Hall–Kier alpha value is -4.68. The summed E-state index contributed by atoms with van der Waals surface area (Å²) < 4.78 is 16.0. The van der Waals surface area contributed by atoms with Crippen LogP contribution in [0, 0.1) is 10.1 Å². The first-order valence-electron chi connectivity index (χ1n) is 17.1. The van der Waals surface area contributed by atoms with Gasteiger partial charge in [0.1, 0.15) is 12.6 Å². The molecular weight excluding hydrogens is 632 g/mol. The van der Waals surface area contributed by atoms with Crippen LogP contribution in [0.5, 0.6) is 5.75 Å². The lowest BCUT2D eigenvalue weighted by Gasteiger charge is -2.31. The highest BCUT2D eigenvalue weighted by atomic mass is 16.7. The summed E-state index contributed by atoms with van der Waals surface area (Å²) in [5.41, 5.74) is 0.371. The van der Waals surface area contributed by atoms with Crippen molar-refractivity contribution in [3.05, 3.63) is 69.3 Å². The third-order valence-electron chi connectivity index (χ3n) is 8.08. The number of hydrogen-bond donors (Lipinski definition) is 2. The van der Waals surface area contributed by atoms with E-state index < -0.39 is 34.3 Å². The Kier molecular flexibility index (Phi) is 15.3. The second-order valence-electron chi connectivity index (χ2n) is 13.1. The van der Waals surface area contributed by atoms with E-state index in [2.05, 4.69) is 10.6 Å². The quantitative estimate of drug-likeness (QED) is 0.151. The van der Waals surface area contributed by atoms with Crippen molar-refractivity contribution in [2.24, 2.45) is 0 Å². The zero-order valence-corrected chi connectivity index (χ0v) is 29.1. The van der Waals surface area contributed by atoms with Gasteiger partial charge in [-0.15, -0.1) is 0 Å². The number of fused-ring (bicyclic) bond motifs is 24. The molecule has 2 bridgehead atoms. The highest BCUT2D eigenvalue weighted by molar-refractivity contribution is 5.88. The molecule has 2 aromatic carbocycles. The van der Waals surface area contributed by atoms with Gasteiger partial charge in [0.25, 0.3) is 0 Å². The van der Waals surface area contributed by atoms with Gasteiger partial charge < -0.3 is 29.7 Å². The molecule has 3 amide bonds. The number of ether oxygens (including phenoxy) is 3. The Morgan fingerprint density at radius 1 is 0.898 bits per heavy atom. The molecule has 1 unspecified atom stereocenters. The molecule has 0 fully saturated rings. The fourth-order valence-corrected chi connectivity index (χ4v) is 5.57. The van der Waals surface area contributed by atoms with E-state index in [1.54, 1.807) is 11.0 Å². The molecule has 0 radical (unpaired) electrons. The summed E-state index contributed by atoms with van der Waals surface area (Å²) in [4.78, 5) is 65.1. The molecular formula is C36H50N4O9. The number of nitrogens with one attached hydrogen (secondary N) is 2. The maximum atomic E-state index is 13.5. The third-order valence-corrected chi connectivity index (χ3v) is 8.08. The van der Waals surface area contributed by atoms with Crippen molar-refractivity contribution < 1.29 is 38.3 Å². The molecule has 268 valence electrons. The lowest BCUT2D eigenvalue weighted by atomic mass is 9.85. The normalized spacial score (nSPS) is 18.7. The number of rotatable bonds is 4. The summed E-state index contributed by atoms with van der Waals surface area (Å²) in [7, 11) is 0. The van der Waals surface area contributed by atoms with Crippen molar-refractivity contribution in [1.82, 2.24) is 15.5 Å². The number of alkyl carbamates (subject to hydrolysis) is 1. The van der Waals surface area contributed by atoms with Gasteiger partial charge >= 0.3 is 17.9 Å². The number of hydrogen-bond acceptors (Lipinski definition) is 9. The maximum Gasteiger partial charge on any atom is 0.514 e. The fourth-order valence-electron chi connectivity index (χ4n) is 5.57. The van der Waals surface area contributed by atoms with Crippen molar-refractivity contribution in [3.63, 3.8) is 0 Å². The van der Waals surface area contributed by atoms with Gasteiger partial charge in [0.05, 0.1) is 11.5 Å². The molecule has 4 rings (SSSR count). The number of nitro benzene ring substituents is 1. The first kappa shape index (κ1) is 38.8. The average Bonchev–Trinajstić information content (AvgIpc) is 3.06. The van der Waals surface area contributed by atoms with E-state index in [1.165, 1.54) is 6.07 Å². The van der Waals surface area contributed by atoms with Crippen LogP contribution in [0.1, 0.15) is 108 Å². The van der Waals surface area contributed by atoms with Crippen LogP contribution < -0.4 is 15.4 Å². The topological polar surface area (TPSA) is 166 Å². The van der Waals surface area contributed by atoms with Crippen molar-refractivity contribution >= 4 is 29.8 Å². The summed E-state index contributed by atoms with van der Waals surface area (Å²) >= 11 is 0. The van der Waals surface area contributed by atoms with Crippen LogP contribution in [0.25, 0.3) is 0 Å². The largest absolute Gasteiger partial charge is 0.514 e. The number of nitro groups is 1. The van der Waals surface area contributed by atoms with Crippen molar-refractivity contribution in [1.29, 1.82) is 0 Å². The summed E-state index contributed by atoms with van der Waals surface area (Å²) in [5, 5.41) is 17.7. The number of carbonyl (C=O) groups excluding carboxylic acids is 4. The first-order valence-corrected chi connectivity index (χ1v) is 17.1.